The number of aryl methyl sites for hydroxylation is 1. The van der Waals surface area contributed by atoms with Gasteiger partial charge in [0.1, 0.15) is 6.04 Å². The maximum atomic E-state index is 11.2. The third-order valence-electron chi connectivity index (χ3n) is 2.18. The Labute approximate surface area is 94.2 Å². The van der Waals surface area contributed by atoms with Gasteiger partial charge >= 0.3 is 5.97 Å². The van der Waals surface area contributed by atoms with Crippen LogP contribution in [0, 0.1) is 6.92 Å². The lowest BCUT2D eigenvalue weighted by Gasteiger charge is -2.16. The SMILES string of the molecule is COC(=O)[C@H](N)[C@H](Cl)c1ccc(C)cc1. The lowest BCUT2D eigenvalue weighted by Crippen LogP contribution is -2.35. The zero-order valence-corrected chi connectivity index (χ0v) is 9.49. The van der Waals surface area contributed by atoms with Gasteiger partial charge in [0, 0.05) is 0 Å². The molecule has 0 unspecified atom stereocenters. The fourth-order valence-electron chi connectivity index (χ4n) is 1.21. The number of benzene rings is 1. The molecule has 0 fully saturated rings. The van der Waals surface area contributed by atoms with E-state index >= 15 is 0 Å². The molecule has 82 valence electrons. The number of halogens is 1. The Morgan fingerprint density at radius 3 is 2.40 bits per heavy atom. The van der Waals surface area contributed by atoms with Crippen LogP contribution in [-0.2, 0) is 9.53 Å². The summed E-state index contributed by atoms with van der Waals surface area (Å²) in [7, 11) is 1.29. The highest BCUT2D eigenvalue weighted by Gasteiger charge is 2.24. The summed E-state index contributed by atoms with van der Waals surface area (Å²) in [6, 6.07) is 6.73. The quantitative estimate of drug-likeness (QED) is 0.633. The molecule has 0 heterocycles. The van der Waals surface area contributed by atoms with Crippen LogP contribution in [0.15, 0.2) is 24.3 Å². The second kappa shape index (κ2) is 5.14. The molecule has 0 aliphatic rings. The Balaban J connectivity index is 2.80. The van der Waals surface area contributed by atoms with E-state index in [0.717, 1.165) is 11.1 Å². The smallest absolute Gasteiger partial charge is 0.324 e. The molecule has 2 N–H and O–H groups in total. The zero-order valence-electron chi connectivity index (χ0n) is 8.74. The molecule has 0 aromatic heterocycles. The number of methoxy groups -OCH3 is 1. The largest absolute Gasteiger partial charge is 0.468 e. The van der Waals surface area contributed by atoms with E-state index < -0.39 is 17.4 Å². The minimum absolute atomic E-state index is 0.504. The summed E-state index contributed by atoms with van der Waals surface area (Å²) in [6.07, 6.45) is 0. The number of hydrogen-bond acceptors (Lipinski definition) is 3. The number of hydrogen-bond donors (Lipinski definition) is 1. The van der Waals surface area contributed by atoms with Crippen molar-refractivity contribution in [3.05, 3.63) is 35.4 Å². The Morgan fingerprint density at radius 2 is 1.93 bits per heavy atom. The van der Waals surface area contributed by atoms with Gasteiger partial charge in [-0.2, -0.15) is 0 Å². The van der Waals surface area contributed by atoms with Crippen LogP contribution in [0.4, 0.5) is 0 Å². The van der Waals surface area contributed by atoms with E-state index in [9.17, 15) is 4.79 Å². The van der Waals surface area contributed by atoms with Crippen LogP contribution in [-0.4, -0.2) is 19.1 Å². The Bertz CT molecular complexity index is 337. The molecule has 2 atom stereocenters. The number of carbonyl (C=O) groups excluding carboxylic acids is 1. The molecule has 0 saturated heterocycles. The molecule has 1 aromatic rings. The van der Waals surface area contributed by atoms with Crippen molar-refractivity contribution >= 4 is 17.6 Å². The first kappa shape index (κ1) is 12.0. The van der Waals surface area contributed by atoms with Crippen LogP contribution in [0.3, 0.4) is 0 Å². The topological polar surface area (TPSA) is 52.3 Å². The number of rotatable bonds is 3. The van der Waals surface area contributed by atoms with Gasteiger partial charge in [0.2, 0.25) is 0 Å². The standard InChI is InChI=1S/C11H14ClNO2/c1-7-3-5-8(6-4-7)9(12)10(13)11(14)15-2/h3-6,9-10H,13H2,1-2H3/t9-,10-/m1/s1. The molecule has 0 bridgehead atoms. The van der Waals surface area contributed by atoms with Crippen LogP contribution in [0.1, 0.15) is 16.5 Å². The number of alkyl halides is 1. The van der Waals surface area contributed by atoms with E-state index in [-0.39, 0.29) is 0 Å². The molecular formula is C11H14ClNO2. The van der Waals surface area contributed by atoms with Gasteiger partial charge in [-0.15, -0.1) is 11.6 Å². The summed E-state index contributed by atoms with van der Waals surface area (Å²) >= 11 is 6.06. The highest BCUT2D eigenvalue weighted by molar-refractivity contribution is 6.22. The minimum Gasteiger partial charge on any atom is -0.468 e. The predicted molar refractivity (Wildman–Crippen MR) is 59.8 cm³/mol. The summed E-state index contributed by atoms with van der Waals surface area (Å²) in [5.74, 6) is -0.504. The van der Waals surface area contributed by atoms with Crippen molar-refractivity contribution < 1.29 is 9.53 Å². The van der Waals surface area contributed by atoms with Crippen LogP contribution in [0.2, 0.25) is 0 Å². The molecule has 3 nitrogen and oxygen atoms in total. The van der Waals surface area contributed by atoms with E-state index in [0.29, 0.717) is 0 Å². The van der Waals surface area contributed by atoms with E-state index in [1.165, 1.54) is 7.11 Å². The van der Waals surface area contributed by atoms with E-state index in [2.05, 4.69) is 4.74 Å². The second-order valence-corrected chi connectivity index (χ2v) is 3.83. The average Bonchev–Trinajstić information content (AvgIpc) is 2.27. The van der Waals surface area contributed by atoms with Crippen molar-refractivity contribution in [1.29, 1.82) is 0 Å². The third kappa shape index (κ3) is 2.94. The molecule has 1 rings (SSSR count). The number of ether oxygens (including phenoxy) is 1. The van der Waals surface area contributed by atoms with Gasteiger partial charge in [-0.3, -0.25) is 4.79 Å². The average molecular weight is 228 g/mol. The molecule has 1 aromatic carbocycles. The first-order valence-electron chi connectivity index (χ1n) is 4.60. The number of nitrogens with two attached hydrogens (primary N) is 1. The van der Waals surface area contributed by atoms with Crippen LogP contribution in [0.25, 0.3) is 0 Å². The van der Waals surface area contributed by atoms with Gasteiger partial charge in [-0.25, -0.2) is 0 Å². The third-order valence-corrected chi connectivity index (χ3v) is 2.71. The highest BCUT2D eigenvalue weighted by Crippen LogP contribution is 2.24. The van der Waals surface area contributed by atoms with Gasteiger partial charge < -0.3 is 10.5 Å². The summed E-state index contributed by atoms with van der Waals surface area (Å²) in [6.45, 7) is 1.98. The fraction of sp³-hybridized carbons (Fsp3) is 0.364. The van der Waals surface area contributed by atoms with Gasteiger partial charge in [-0.05, 0) is 12.5 Å². The lowest BCUT2D eigenvalue weighted by atomic mass is 10.0. The van der Waals surface area contributed by atoms with Gasteiger partial charge in [0.25, 0.3) is 0 Å². The van der Waals surface area contributed by atoms with Crippen molar-refractivity contribution in [2.45, 2.75) is 18.3 Å². The Kier molecular flexibility index (Phi) is 4.12. The molecule has 4 heteroatoms. The molecular weight excluding hydrogens is 214 g/mol. The van der Waals surface area contributed by atoms with Gasteiger partial charge in [0.05, 0.1) is 12.5 Å². The molecule has 0 amide bonds. The summed E-state index contributed by atoms with van der Waals surface area (Å²) in [5, 5.41) is -0.557. The van der Waals surface area contributed by atoms with Crippen molar-refractivity contribution in [3.63, 3.8) is 0 Å². The Morgan fingerprint density at radius 1 is 1.40 bits per heavy atom. The predicted octanol–water partition coefficient (Wildman–Crippen LogP) is 1.78. The maximum Gasteiger partial charge on any atom is 0.324 e. The molecule has 0 aliphatic carbocycles. The molecule has 15 heavy (non-hydrogen) atoms. The molecule has 0 radical (unpaired) electrons. The van der Waals surface area contributed by atoms with Gasteiger partial charge in [0.15, 0.2) is 0 Å². The normalized spacial score (nSPS) is 14.4. The minimum atomic E-state index is -0.834. The maximum absolute atomic E-state index is 11.2. The van der Waals surface area contributed by atoms with Crippen LogP contribution < -0.4 is 5.73 Å². The molecule has 0 spiro atoms. The van der Waals surface area contributed by atoms with Crippen molar-refractivity contribution in [2.24, 2.45) is 5.73 Å². The first-order chi connectivity index (χ1) is 7.06. The van der Waals surface area contributed by atoms with Crippen molar-refractivity contribution in [2.75, 3.05) is 7.11 Å². The first-order valence-corrected chi connectivity index (χ1v) is 5.04. The zero-order chi connectivity index (χ0) is 11.4. The van der Waals surface area contributed by atoms with Crippen molar-refractivity contribution in [3.8, 4) is 0 Å². The monoisotopic (exact) mass is 227 g/mol. The second-order valence-electron chi connectivity index (χ2n) is 3.36. The van der Waals surface area contributed by atoms with Crippen molar-refractivity contribution in [1.82, 2.24) is 0 Å². The number of esters is 1. The van der Waals surface area contributed by atoms with E-state index in [1.807, 2.05) is 31.2 Å². The van der Waals surface area contributed by atoms with Crippen LogP contribution >= 0.6 is 11.6 Å². The van der Waals surface area contributed by atoms with Crippen LogP contribution in [0.5, 0.6) is 0 Å². The molecule has 0 saturated carbocycles. The summed E-state index contributed by atoms with van der Waals surface area (Å²) in [4.78, 5) is 11.2. The fourth-order valence-corrected chi connectivity index (χ4v) is 1.46. The highest BCUT2D eigenvalue weighted by atomic mass is 35.5. The van der Waals surface area contributed by atoms with E-state index in [1.54, 1.807) is 0 Å². The number of carbonyl (C=O) groups is 1. The molecule has 0 aliphatic heterocycles. The van der Waals surface area contributed by atoms with E-state index in [4.69, 9.17) is 17.3 Å². The lowest BCUT2D eigenvalue weighted by molar-refractivity contribution is -0.142. The Hall–Kier alpha value is -1.06. The van der Waals surface area contributed by atoms with Gasteiger partial charge in [-0.1, -0.05) is 29.8 Å². The summed E-state index contributed by atoms with van der Waals surface area (Å²) in [5.41, 5.74) is 7.59. The summed E-state index contributed by atoms with van der Waals surface area (Å²) < 4.78 is 4.53.